The monoisotopic (exact) mass is 535 g/mol. The van der Waals surface area contributed by atoms with Crippen LogP contribution in [0, 0.1) is 17.5 Å². The number of hydrogen-bond donors (Lipinski definition) is 2. The average Bonchev–Trinajstić information content (AvgIpc) is 3.40. The first-order valence-electron chi connectivity index (χ1n) is 12.2. The maximum atomic E-state index is 14.1. The van der Waals surface area contributed by atoms with E-state index in [2.05, 4.69) is 25.7 Å². The van der Waals surface area contributed by atoms with E-state index >= 15 is 0 Å². The maximum absolute atomic E-state index is 14.1. The van der Waals surface area contributed by atoms with Gasteiger partial charge in [0.25, 0.3) is 11.5 Å². The minimum Gasteiger partial charge on any atom is -0.349 e. The Bertz CT molecular complexity index is 1870. The van der Waals surface area contributed by atoms with Crippen molar-refractivity contribution < 1.29 is 18.0 Å². The van der Waals surface area contributed by atoms with E-state index in [9.17, 15) is 27.6 Å². The lowest BCUT2D eigenvalue weighted by atomic mass is 9.90. The number of pyridine rings is 1. The molecule has 2 N–H and O–H groups in total. The molecular formula is C26H20F3N7O3. The van der Waals surface area contributed by atoms with Crippen LogP contribution in [-0.2, 0) is 0 Å². The van der Waals surface area contributed by atoms with Crippen molar-refractivity contribution in [2.75, 3.05) is 0 Å². The molecule has 5 aromatic rings. The number of nitrogens with one attached hydrogen (secondary N) is 2. The van der Waals surface area contributed by atoms with Gasteiger partial charge in [-0.25, -0.2) is 27.5 Å². The van der Waals surface area contributed by atoms with Crippen molar-refractivity contribution in [3.05, 3.63) is 92.5 Å². The van der Waals surface area contributed by atoms with Gasteiger partial charge in [0.05, 0.1) is 22.8 Å². The Morgan fingerprint density at radius 1 is 0.974 bits per heavy atom. The van der Waals surface area contributed by atoms with E-state index in [1.807, 2.05) is 0 Å². The quantitative estimate of drug-likeness (QED) is 0.364. The van der Waals surface area contributed by atoms with Gasteiger partial charge in [0.2, 0.25) is 0 Å². The Hall–Kier alpha value is -4.81. The van der Waals surface area contributed by atoms with Crippen LogP contribution in [0.1, 0.15) is 42.1 Å². The summed E-state index contributed by atoms with van der Waals surface area (Å²) < 4.78 is 43.7. The molecule has 2 aromatic carbocycles. The minimum absolute atomic E-state index is 0.0539. The van der Waals surface area contributed by atoms with Gasteiger partial charge in [-0.2, -0.15) is 0 Å². The van der Waals surface area contributed by atoms with Gasteiger partial charge in [-0.3, -0.25) is 19.3 Å². The van der Waals surface area contributed by atoms with E-state index in [0.29, 0.717) is 42.3 Å². The number of fused-ring (bicyclic) bond motifs is 2. The van der Waals surface area contributed by atoms with Gasteiger partial charge in [-0.1, -0.05) is 5.21 Å². The van der Waals surface area contributed by atoms with E-state index in [1.165, 1.54) is 6.07 Å². The first-order chi connectivity index (χ1) is 18.8. The highest BCUT2D eigenvalue weighted by atomic mass is 19.2. The summed E-state index contributed by atoms with van der Waals surface area (Å²) in [5.74, 6) is -3.36. The predicted molar refractivity (Wildman–Crippen MR) is 134 cm³/mol. The summed E-state index contributed by atoms with van der Waals surface area (Å²) in [6, 6.07) is 8.06. The highest BCUT2D eigenvalue weighted by molar-refractivity contribution is 5.97. The topological polar surface area (TPSA) is 128 Å². The molecule has 10 nitrogen and oxygen atoms in total. The van der Waals surface area contributed by atoms with E-state index in [1.54, 1.807) is 18.2 Å². The number of aromatic nitrogens is 6. The Balaban J connectivity index is 1.30. The smallest absolute Gasteiger partial charge is 0.337 e. The van der Waals surface area contributed by atoms with Crippen molar-refractivity contribution in [3.8, 4) is 5.69 Å². The fraction of sp³-hybridized carbons (Fsp3) is 0.231. The second-order valence-electron chi connectivity index (χ2n) is 9.44. The molecule has 0 saturated heterocycles. The second kappa shape index (κ2) is 9.49. The Morgan fingerprint density at radius 3 is 2.54 bits per heavy atom. The molecule has 3 heterocycles. The SMILES string of the molecule is O=C(N[C@H]1CC[C@@H](n2c(=O)c3cc(F)cnc3n(-c3ccc(F)c(F)c3)c2=O)CC1)c1ccc2[nH]nnc2c1. The first-order valence-corrected chi connectivity index (χ1v) is 12.2. The molecule has 0 aliphatic heterocycles. The fourth-order valence-corrected chi connectivity index (χ4v) is 5.09. The molecule has 0 unspecified atom stereocenters. The average molecular weight is 535 g/mol. The molecule has 1 amide bonds. The number of hydrogen-bond acceptors (Lipinski definition) is 6. The van der Waals surface area contributed by atoms with Crippen LogP contribution < -0.4 is 16.6 Å². The van der Waals surface area contributed by atoms with Gasteiger partial charge in [0, 0.05) is 23.7 Å². The summed E-state index contributed by atoms with van der Waals surface area (Å²) in [4.78, 5) is 43.7. The predicted octanol–water partition coefficient (Wildman–Crippen LogP) is 3.15. The molecule has 13 heteroatoms. The van der Waals surface area contributed by atoms with Crippen LogP contribution in [0.3, 0.4) is 0 Å². The molecule has 1 saturated carbocycles. The third-order valence-corrected chi connectivity index (χ3v) is 7.04. The molecule has 3 aromatic heterocycles. The van der Waals surface area contributed by atoms with Gasteiger partial charge >= 0.3 is 5.69 Å². The zero-order valence-corrected chi connectivity index (χ0v) is 20.2. The number of aromatic amines is 1. The third-order valence-electron chi connectivity index (χ3n) is 7.04. The van der Waals surface area contributed by atoms with E-state index in [-0.39, 0.29) is 28.7 Å². The van der Waals surface area contributed by atoms with Gasteiger partial charge < -0.3 is 5.32 Å². The van der Waals surface area contributed by atoms with E-state index < -0.39 is 34.7 Å². The fourth-order valence-electron chi connectivity index (χ4n) is 5.09. The summed E-state index contributed by atoms with van der Waals surface area (Å²) >= 11 is 0. The Kier molecular flexibility index (Phi) is 5.97. The maximum Gasteiger partial charge on any atom is 0.337 e. The molecule has 1 aliphatic rings. The number of H-pyrrole nitrogens is 1. The summed E-state index contributed by atoms with van der Waals surface area (Å²) in [6.45, 7) is 0. The zero-order valence-electron chi connectivity index (χ0n) is 20.2. The molecule has 198 valence electrons. The second-order valence-corrected chi connectivity index (χ2v) is 9.44. The van der Waals surface area contributed by atoms with Crippen LogP contribution >= 0.6 is 0 Å². The number of amides is 1. The largest absolute Gasteiger partial charge is 0.349 e. The van der Waals surface area contributed by atoms with Crippen molar-refractivity contribution in [2.45, 2.75) is 37.8 Å². The van der Waals surface area contributed by atoms with Crippen molar-refractivity contribution >= 4 is 28.0 Å². The lowest BCUT2D eigenvalue weighted by Crippen LogP contribution is -2.45. The normalized spacial score (nSPS) is 17.5. The molecule has 39 heavy (non-hydrogen) atoms. The minimum atomic E-state index is -1.19. The molecule has 0 spiro atoms. The van der Waals surface area contributed by atoms with E-state index in [4.69, 9.17) is 0 Å². The van der Waals surface area contributed by atoms with Crippen LogP contribution in [0.15, 0.2) is 58.3 Å². The number of halogens is 3. The number of rotatable bonds is 4. The lowest BCUT2D eigenvalue weighted by Gasteiger charge is -2.30. The van der Waals surface area contributed by atoms with Gasteiger partial charge in [-0.15, -0.1) is 5.10 Å². The van der Waals surface area contributed by atoms with Crippen molar-refractivity contribution in [1.29, 1.82) is 0 Å². The molecule has 0 atom stereocenters. The van der Waals surface area contributed by atoms with E-state index in [0.717, 1.165) is 33.5 Å². The summed E-state index contributed by atoms with van der Waals surface area (Å²) in [6.07, 6.45) is 2.53. The van der Waals surface area contributed by atoms with Crippen molar-refractivity contribution in [1.82, 2.24) is 34.8 Å². The molecule has 0 bridgehead atoms. The van der Waals surface area contributed by atoms with Crippen LogP contribution in [-0.4, -0.2) is 41.5 Å². The number of benzene rings is 2. The number of carbonyl (C=O) groups excluding carboxylic acids is 1. The summed E-state index contributed by atoms with van der Waals surface area (Å²) in [5.41, 5.74) is -0.0591. The highest BCUT2D eigenvalue weighted by Crippen LogP contribution is 2.28. The molecular weight excluding hydrogens is 515 g/mol. The Labute approximate surface area is 217 Å². The molecule has 1 aliphatic carbocycles. The van der Waals surface area contributed by atoms with Crippen LogP contribution in [0.4, 0.5) is 13.2 Å². The van der Waals surface area contributed by atoms with Gasteiger partial charge in [0.15, 0.2) is 17.3 Å². The molecule has 6 rings (SSSR count). The number of carbonyl (C=O) groups is 1. The van der Waals surface area contributed by atoms with Crippen LogP contribution in [0.25, 0.3) is 27.8 Å². The van der Waals surface area contributed by atoms with Crippen molar-refractivity contribution in [2.24, 2.45) is 0 Å². The third kappa shape index (κ3) is 4.35. The van der Waals surface area contributed by atoms with Crippen molar-refractivity contribution in [3.63, 3.8) is 0 Å². The highest BCUT2D eigenvalue weighted by Gasteiger charge is 2.28. The molecule has 1 fully saturated rings. The Morgan fingerprint density at radius 2 is 1.77 bits per heavy atom. The number of nitrogens with zero attached hydrogens (tertiary/aromatic N) is 5. The summed E-state index contributed by atoms with van der Waals surface area (Å²) in [5, 5.41) is 13.1. The van der Waals surface area contributed by atoms with Crippen LogP contribution in [0.2, 0.25) is 0 Å². The lowest BCUT2D eigenvalue weighted by molar-refractivity contribution is 0.0922. The van der Waals surface area contributed by atoms with Gasteiger partial charge in [0.1, 0.15) is 11.3 Å². The van der Waals surface area contributed by atoms with Crippen LogP contribution in [0.5, 0.6) is 0 Å². The zero-order chi connectivity index (χ0) is 27.3. The molecule has 0 radical (unpaired) electrons. The summed E-state index contributed by atoms with van der Waals surface area (Å²) in [7, 11) is 0. The first kappa shape index (κ1) is 24.5. The standard InChI is InChI=1S/C26H20F3N7O3/c27-14-10-18-23(30-12-14)35(17-6-7-19(28)20(29)11-17)26(39)36(25(18)38)16-4-2-15(3-5-16)31-24(37)13-1-8-21-22(9-13)33-34-32-21/h1,6-12,15-16H,2-5H2,(H,31,37)(H,32,33,34)/t15-,16+. The van der Waals surface area contributed by atoms with Gasteiger partial charge in [-0.05, 0) is 62.1 Å².